The lowest BCUT2D eigenvalue weighted by molar-refractivity contribution is -0.120. The fourth-order valence-electron chi connectivity index (χ4n) is 4.03. The van der Waals surface area contributed by atoms with Crippen molar-refractivity contribution in [1.29, 1.82) is 0 Å². The molecular formula is C19H26N2O2. The molecule has 23 heavy (non-hydrogen) atoms. The van der Waals surface area contributed by atoms with Crippen molar-refractivity contribution in [3.8, 4) is 0 Å². The van der Waals surface area contributed by atoms with Crippen molar-refractivity contribution >= 4 is 11.6 Å². The minimum absolute atomic E-state index is 0.262. The summed E-state index contributed by atoms with van der Waals surface area (Å²) in [6.45, 7) is 5.19. The molecule has 3 aliphatic heterocycles. The molecule has 1 unspecified atom stereocenters. The number of ether oxygens (including phenoxy) is 1. The van der Waals surface area contributed by atoms with E-state index in [1.165, 1.54) is 37.1 Å². The molecular weight excluding hydrogens is 288 g/mol. The van der Waals surface area contributed by atoms with E-state index in [4.69, 9.17) is 4.74 Å². The summed E-state index contributed by atoms with van der Waals surface area (Å²) in [5, 5.41) is 0. The molecule has 3 heterocycles. The molecule has 1 atom stereocenters. The fourth-order valence-corrected chi connectivity index (χ4v) is 4.03. The largest absolute Gasteiger partial charge is 0.378 e. The molecule has 0 spiro atoms. The van der Waals surface area contributed by atoms with Crippen molar-refractivity contribution in [2.24, 2.45) is 0 Å². The summed E-state index contributed by atoms with van der Waals surface area (Å²) in [4.78, 5) is 17.1. The molecule has 2 saturated heterocycles. The van der Waals surface area contributed by atoms with Crippen LogP contribution in [0.25, 0.3) is 0 Å². The second-order valence-electron chi connectivity index (χ2n) is 7.01. The summed E-state index contributed by atoms with van der Waals surface area (Å²) in [6, 6.07) is 6.48. The van der Waals surface area contributed by atoms with E-state index in [1.54, 1.807) is 0 Å². The Hall–Kier alpha value is -1.39. The topological polar surface area (TPSA) is 32.8 Å². The van der Waals surface area contributed by atoms with Crippen LogP contribution in [0.2, 0.25) is 0 Å². The minimum Gasteiger partial charge on any atom is -0.378 e. The number of amides is 1. The highest BCUT2D eigenvalue weighted by Gasteiger charge is 2.28. The Kier molecular flexibility index (Phi) is 4.36. The summed E-state index contributed by atoms with van der Waals surface area (Å²) in [5.74, 6) is 0.262. The van der Waals surface area contributed by atoms with Gasteiger partial charge in [0.1, 0.15) is 0 Å². The molecule has 1 aromatic rings. The second kappa shape index (κ2) is 6.62. The van der Waals surface area contributed by atoms with E-state index in [2.05, 4.69) is 23.1 Å². The number of carbonyl (C=O) groups is 1. The van der Waals surface area contributed by atoms with Gasteiger partial charge >= 0.3 is 0 Å². The Morgan fingerprint density at radius 1 is 1.22 bits per heavy atom. The van der Waals surface area contributed by atoms with Gasteiger partial charge in [-0.3, -0.25) is 9.69 Å². The van der Waals surface area contributed by atoms with Crippen LogP contribution in [0.5, 0.6) is 0 Å². The minimum atomic E-state index is 0.262. The molecule has 4 heteroatoms. The number of anilines is 1. The van der Waals surface area contributed by atoms with Crippen molar-refractivity contribution in [3.05, 3.63) is 29.3 Å². The first-order valence-corrected chi connectivity index (χ1v) is 9.06. The Bertz CT molecular complexity index is 577. The maximum Gasteiger partial charge on any atom is 0.227 e. The predicted molar refractivity (Wildman–Crippen MR) is 90.6 cm³/mol. The number of likely N-dealkylation sites (tertiary alicyclic amines) is 1. The Morgan fingerprint density at radius 3 is 2.78 bits per heavy atom. The highest BCUT2D eigenvalue weighted by atomic mass is 16.5. The molecule has 4 nitrogen and oxygen atoms in total. The average Bonchev–Trinajstić information content (AvgIpc) is 3.15. The molecule has 0 bridgehead atoms. The number of nitrogens with zero attached hydrogens (tertiary/aromatic N) is 2. The quantitative estimate of drug-likeness (QED) is 0.838. The zero-order valence-corrected chi connectivity index (χ0v) is 13.8. The van der Waals surface area contributed by atoms with Crippen LogP contribution in [-0.2, 0) is 22.5 Å². The SMILES string of the molecule is O=C(CCC1CCO1)N1CCc2c(CN3CCCC3)cccc21. The molecule has 2 fully saturated rings. The maximum atomic E-state index is 12.6. The highest BCUT2D eigenvalue weighted by Crippen LogP contribution is 2.32. The smallest absolute Gasteiger partial charge is 0.227 e. The first kappa shape index (κ1) is 15.2. The van der Waals surface area contributed by atoms with Gasteiger partial charge in [0.15, 0.2) is 0 Å². The summed E-state index contributed by atoms with van der Waals surface area (Å²) in [5.41, 5.74) is 3.97. The van der Waals surface area contributed by atoms with E-state index in [0.717, 1.165) is 44.6 Å². The van der Waals surface area contributed by atoms with Gasteiger partial charge in [0, 0.05) is 31.8 Å². The van der Waals surface area contributed by atoms with Crippen LogP contribution in [0, 0.1) is 0 Å². The Morgan fingerprint density at radius 2 is 2.04 bits per heavy atom. The zero-order chi connectivity index (χ0) is 15.6. The Labute approximate surface area is 138 Å². The molecule has 0 N–H and O–H groups in total. The van der Waals surface area contributed by atoms with E-state index in [-0.39, 0.29) is 5.91 Å². The highest BCUT2D eigenvalue weighted by molar-refractivity contribution is 5.95. The third kappa shape index (κ3) is 3.15. The number of hydrogen-bond acceptors (Lipinski definition) is 3. The van der Waals surface area contributed by atoms with Crippen LogP contribution < -0.4 is 4.90 Å². The van der Waals surface area contributed by atoms with Crippen LogP contribution in [0.15, 0.2) is 18.2 Å². The normalized spacial score (nSPS) is 23.8. The second-order valence-corrected chi connectivity index (χ2v) is 7.01. The number of rotatable bonds is 5. The number of benzene rings is 1. The van der Waals surface area contributed by atoms with E-state index in [9.17, 15) is 4.79 Å². The molecule has 0 aliphatic carbocycles. The van der Waals surface area contributed by atoms with Crippen LogP contribution in [-0.4, -0.2) is 43.2 Å². The van der Waals surface area contributed by atoms with Gasteiger partial charge in [0.2, 0.25) is 5.91 Å². The molecule has 1 aromatic carbocycles. The molecule has 4 rings (SSSR count). The van der Waals surface area contributed by atoms with Gasteiger partial charge in [0.25, 0.3) is 0 Å². The van der Waals surface area contributed by atoms with E-state index in [1.807, 2.05) is 4.90 Å². The van der Waals surface area contributed by atoms with Gasteiger partial charge < -0.3 is 9.64 Å². The molecule has 0 radical (unpaired) electrons. The van der Waals surface area contributed by atoms with Gasteiger partial charge in [-0.05, 0) is 62.4 Å². The van der Waals surface area contributed by atoms with Crippen LogP contribution in [0.3, 0.4) is 0 Å². The molecule has 0 aromatic heterocycles. The number of hydrogen-bond donors (Lipinski definition) is 0. The van der Waals surface area contributed by atoms with Crippen LogP contribution >= 0.6 is 0 Å². The third-order valence-electron chi connectivity index (χ3n) is 5.49. The van der Waals surface area contributed by atoms with Gasteiger partial charge in [-0.2, -0.15) is 0 Å². The lowest BCUT2D eigenvalue weighted by Gasteiger charge is -2.27. The molecule has 1 amide bonds. The molecule has 124 valence electrons. The maximum absolute atomic E-state index is 12.6. The van der Waals surface area contributed by atoms with Gasteiger partial charge in [-0.1, -0.05) is 12.1 Å². The summed E-state index contributed by atoms with van der Waals surface area (Å²) in [7, 11) is 0. The van der Waals surface area contributed by atoms with Gasteiger partial charge in [0.05, 0.1) is 6.10 Å². The molecule has 0 saturated carbocycles. The van der Waals surface area contributed by atoms with E-state index in [0.29, 0.717) is 12.5 Å². The van der Waals surface area contributed by atoms with Crippen molar-refractivity contribution < 1.29 is 9.53 Å². The zero-order valence-electron chi connectivity index (χ0n) is 13.8. The van der Waals surface area contributed by atoms with Crippen molar-refractivity contribution in [2.75, 3.05) is 31.1 Å². The summed E-state index contributed by atoms with van der Waals surface area (Å²) >= 11 is 0. The first-order valence-electron chi connectivity index (χ1n) is 9.06. The third-order valence-corrected chi connectivity index (χ3v) is 5.49. The van der Waals surface area contributed by atoms with Crippen molar-refractivity contribution in [2.45, 2.75) is 51.2 Å². The summed E-state index contributed by atoms with van der Waals surface area (Å²) in [6.07, 6.45) is 6.57. The lowest BCUT2D eigenvalue weighted by Crippen LogP contribution is -2.32. The average molecular weight is 314 g/mol. The number of fused-ring (bicyclic) bond motifs is 1. The summed E-state index contributed by atoms with van der Waals surface area (Å²) < 4.78 is 5.43. The number of carbonyl (C=O) groups excluding carboxylic acids is 1. The predicted octanol–water partition coefficient (Wildman–Crippen LogP) is 2.74. The molecule has 3 aliphatic rings. The Balaban J connectivity index is 1.44. The van der Waals surface area contributed by atoms with Gasteiger partial charge in [-0.15, -0.1) is 0 Å². The van der Waals surface area contributed by atoms with Crippen molar-refractivity contribution in [1.82, 2.24) is 4.90 Å². The first-order chi connectivity index (χ1) is 11.3. The van der Waals surface area contributed by atoms with E-state index < -0.39 is 0 Å². The lowest BCUT2D eigenvalue weighted by atomic mass is 10.0. The van der Waals surface area contributed by atoms with E-state index >= 15 is 0 Å². The monoisotopic (exact) mass is 314 g/mol. The fraction of sp³-hybridized carbons (Fsp3) is 0.632. The standard InChI is InChI=1S/C19H26N2O2/c22-19(7-6-16-9-13-23-16)21-12-8-17-15(4-3-5-18(17)21)14-20-10-1-2-11-20/h3-5,16H,1-2,6-14H2. The van der Waals surface area contributed by atoms with Gasteiger partial charge in [-0.25, -0.2) is 0 Å². The van der Waals surface area contributed by atoms with Crippen molar-refractivity contribution in [3.63, 3.8) is 0 Å². The van der Waals surface area contributed by atoms with Crippen LogP contribution in [0.1, 0.15) is 43.2 Å². The van der Waals surface area contributed by atoms with Crippen LogP contribution in [0.4, 0.5) is 5.69 Å².